The average Bonchev–Trinajstić information content (AvgIpc) is 3.69. The van der Waals surface area contributed by atoms with Crippen LogP contribution < -0.4 is 37.2 Å². The van der Waals surface area contributed by atoms with E-state index in [-0.39, 0.29) is 80.4 Å². The smallest absolute Gasteiger partial charge is 0.549 e. The zero-order valence-corrected chi connectivity index (χ0v) is 37.6. The molecule has 24 heteroatoms. The monoisotopic (exact) mass is 983 g/mol. The first-order valence-electron chi connectivity index (χ1n) is 21.5. The Morgan fingerprint density at radius 3 is 1.91 bits per heavy atom. The van der Waals surface area contributed by atoms with Gasteiger partial charge >= 0.3 is 23.0 Å². The van der Waals surface area contributed by atoms with Crippen LogP contribution in [0, 0.1) is 10.1 Å². The maximum Gasteiger partial charge on any atom is 2.00 e. The van der Waals surface area contributed by atoms with Crippen LogP contribution in [0.15, 0.2) is 54.7 Å². The Balaban J connectivity index is 0.0000119. The minimum absolute atomic E-state index is 0. The van der Waals surface area contributed by atoms with Gasteiger partial charge in [-0.3, -0.25) is 53.6 Å². The Kier molecular flexibility index (Phi) is 22.8. The number of amides is 5. The molecule has 0 bridgehead atoms. The first-order valence-corrected chi connectivity index (χ1v) is 21.5. The Hall–Kier alpha value is -6.46. The number of rotatable bonds is 26. The number of carbonyl (C=O) groups excluding carboxylic acids is 7. The molecule has 1 aliphatic rings. The number of fused-ring (bicyclic) bond motifs is 1. The van der Waals surface area contributed by atoms with E-state index < -0.39 is 76.7 Å². The molecule has 1 unspecified atom stereocenters. The molecule has 8 N–H and O–H groups in total. The van der Waals surface area contributed by atoms with Crippen molar-refractivity contribution < 1.29 is 75.7 Å². The molecule has 367 valence electrons. The molecule has 5 amide bonds. The number of hydrogen-bond donors (Lipinski definition) is 7. The number of primary amides is 1. The van der Waals surface area contributed by atoms with E-state index in [0.717, 1.165) is 10.9 Å². The number of carboxylic acid groups (broad SMARTS) is 3. The van der Waals surface area contributed by atoms with Crippen LogP contribution in [0.1, 0.15) is 62.1 Å². The van der Waals surface area contributed by atoms with Crippen LogP contribution in [0.3, 0.4) is 0 Å². The summed E-state index contributed by atoms with van der Waals surface area (Å²) in [5.74, 6) is -7.22. The van der Waals surface area contributed by atoms with Crippen molar-refractivity contribution in [1.29, 1.82) is 0 Å². The normalized spacial score (nSPS) is 15.0. The van der Waals surface area contributed by atoms with Gasteiger partial charge in [-0.1, -0.05) is 42.8 Å². The molecule has 0 aliphatic carbocycles. The van der Waals surface area contributed by atoms with Crippen LogP contribution >= 0.6 is 0 Å². The molecule has 67 heavy (non-hydrogen) atoms. The van der Waals surface area contributed by atoms with Crippen LogP contribution in [0.5, 0.6) is 0 Å². The van der Waals surface area contributed by atoms with Gasteiger partial charge in [-0.2, -0.15) is 0 Å². The molecule has 0 spiro atoms. The van der Waals surface area contributed by atoms with Gasteiger partial charge in [0.2, 0.25) is 29.5 Å². The Morgan fingerprint density at radius 2 is 1.31 bits per heavy atom. The number of nitro groups is 1. The zero-order valence-electron chi connectivity index (χ0n) is 36.7. The van der Waals surface area contributed by atoms with Crippen molar-refractivity contribution in [3.63, 3.8) is 0 Å². The van der Waals surface area contributed by atoms with Crippen molar-refractivity contribution in [2.24, 2.45) is 5.73 Å². The molecule has 1 aromatic heterocycles. The second-order valence-corrected chi connectivity index (χ2v) is 16.0. The summed E-state index contributed by atoms with van der Waals surface area (Å²) in [5, 5.41) is 55.3. The van der Waals surface area contributed by atoms with E-state index in [0.29, 0.717) is 64.1 Å². The molecule has 3 atom stereocenters. The summed E-state index contributed by atoms with van der Waals surface area (Å²) in [5.41, 5.74) is 6.21. The largest absolute Gasteiger partial charge is 2.00 e. The number of aliphatic carboxylic acids is 3. The van der Waals surface area contributed by atoms with Crippen LogP contribution in [-0.2, 0) is 61.8 Å². The quantitative estimate of drug-likeness (QED) is 0.0186. The number of nitrogens with one attached hydrogen (secondary N) is 5. The fourth-order valence-electron chi connectivity index (χ4n) is 7.56. The van der Waals surface area contributed by atoms with Gasteiger partial charge < -0.3 is 56.9 Å². The van der Waals surface area contributed by atoms with Crippen LogP contribution in [0.2, 0.25) is 0 Å². The van der Waals surface area contributed by atoms with E-state index in [4.69, 9.17) is 5.73 Å². The number of aromatic nitrogens is 1. The van der Waals surface area contributed by atoms with Gasteiger partial charge in [-0.25, -0.2) is 0 Å². The van der Waals surface area contributed by atoms with E-state index in [1.807, 2.05) is 0 Å². The number of H-pyrrole nitrogens is 1. The predicted molar refractivity (Wildman–Crippen MR) is 231 cm³/mol. The molecular weight excluding hydrogens is 928 g/mol. The van der Waals surface area contributed by atoms with Gasteiger partial charge in [0.25, 0.3) is 5.69 Å². The Bertz CT molecular complexity index is 2180. The molecule has 3 aromatic rings. The van der Waals surface area contributed by atoms with Crippen molar-refractivity contribution in [2.45, 2.75) is 69.5 Å². The summed E-state index contributed by atoms with van der Waals surface area (Å²) in [6, 6.07) is 8.39. The average molecular weight is 985 g/mol. The molecule has 23 nitrogen and oxygen atoms in total. The predicted octanol–water partition coefficient (Wildman–Crippen LogP) is -2.72. The molecule has 2 heterocycles. The van der Waals surface area contributed by atoms with Gasteiger partial charge in [0.15, 0.2) is 0 Å². The number of carbonyl (C=O) groups is 8. The van der Waals surface area contributed by atoms with Crippen molar-refractivity contribution in [2.75, 3.05) is 65.4 Å². The molecule has 2 aromatic carbocycles. The van der Waals surface area contributed by atoms with Crippen molar-refractivity contribution >= 4 is 64.0 Å². The Morgan fingerprint density at radius 1 is 0.731 bits per heavy atom. The minimum atomic E-state index is -1.40. The third-order valence-corrected chi connectivity index (χ3v) is 10.9. The second-order valence-electron chi connectivity index (χ2n) is 16.0. The van der Waals surface area contributed by atoms with E-state index in [1.54, 1.807) is 45.2 Å². The number of unbranched alkanes of at least 4 members (excludes halogenated alkanes) is 2. The van der Waals surface area contributed by atoms with Gasteiger partial charge in [-0.05, 0) is 30.9 Å². The maximum atomic E-state index is 14.1. The fourth-order valence-corrected chi connectivity index (χ4v) is 7.56. The van der Waals surface area contributed by atoms with Gasteiger partial charge in [-0.15, -0.1) is 0 Å². The summed E-state index contributed by atoms with van der Waals surface area (Å²) in [6.07, 6.45) is 1.55. The molecule has 1 saturated heterocycles. The first-order chi connectivity index (χ1) is 31.5. The SMILES string of the molecule is NC(=O)CC[C@H](NC(=O)CCCCCNC(=O)CN1CCN(CC(=O)[O-])CCN(CC(=O)[O-])CC1)C(=O)N[C@@H](Cc1c[nH]c2ccccc12)C(=O)NC(CC(=O)O)c1ccccc1[N+](=O)[O-].[Cu+2]. The number of nitro benzene ring substituents is 1. The van der Waals surface area contributed by atoms with Gasteiger partial charge in [0, 0.05) is 101 Å². The van der Waals surface area contributed by atoms with Crippen molar-refractivity contribution in [1.82, 2.24) is 41.0 Å². The number of aromatic amines is 1. The van der Waals surface area contributed by atoms with E-state index in [9.17, 15) is 63.8 Å². The molecular formula is C43H56CuN10O13. The van der Waals surface area contributed by atoms with Crippen LogP contribution in [0.4, 0.5) is 5.69 Å². The topological polar surface area (TPSA) is 346 Å². The third kappa shape index (κ3) is 19.1. The number of para-hydroxylation sites is 2. The summed E-state index contributed by atoms with van der Waals surface area (Å²) < 4.78 is 0. The number of benzene rings is 2. The molecule has 1 aliphatic heterocycles. The number of hydrogen-bond acceptors (Lipinski definition) is 15. The first kappa shape index (κ1) is 54.9. The van der Waals surface area contributed by atoms with Gasteiger partial charge in [0.05, 0.1) is 41.4 Å². The number of nitrogens with zero attached hydrogens (tertiary/aromatic N) is 4. The fraction of sp³-hybridized carbons (Fsp3) is 0.488. The summed E-state index contributed by atoms with van der Waals surface area (Å²) in [7, 11) is 0. The zero-order chi connectivity index (χ0) is 48.2. The molecule has 4 rings (SSSR count). The van der Waals surface area contributed by atoms with E-state index in [1.165, 1.54) is 24.3 Å². The van der Waals surface area contributed by atoms with Crippen molar-refractivity contribution in [3.05, 3.63) is 76.0 Å². The minimum Gasteiger partial charge on any atom is -0.549 e. The van der Waals surface area contributed by atoms with E-state index in [2.05, 4.69) is 26.3 Å². The standard InChI is InChI=1S/C43H58N10O13.Cu/c44-36(54)14-13-32(47-37(55)12-2-1-7-15-45-38(56)25-50-16-18-51(26-40(59)60)20-21-52(19-17-50)27-41(61)62)42(63)49-34(22-28-24-46-31-10-5-3-8-29(28)31)43(64)48-33(23-39(57)58)30-9-4-6-11-35(30)53(65)66;/h3-6,8-11,24,32-34,46H,1-2,7,12-23,25-27H2,(H2,44,54)(H,45,56)(H,47,55)(H,48,64)(H,49,63)(H,57,58)(H,59,60)(H,61,62);/q;+2/p-2/t32-,33?,34-;/m0./s1. The summed E-state index contributed by atoms with van der Waals surface area (Å²) in [6.45, 7) is 1.56. The molecule has 1 radical (unpaired) electrons. The summed E-state index contributed by atoms with van der Waals surface area (Å²) in [4.78, 5) is 119. The van der Waals surface area contributed by atoms with Crippen LogP contribution in [-0.4, -0.2) is 155 Å². The molecule has 0 saturated carbocycles. The third-order valence-electron chi connectivity index (χ3n) is 10.9. The number of nitrogens with two attached hydrogens (primary N) is 1. The van der Waals surface area contributed by atoms with Crippen LogP contribution in [0.25, 0.3) is 10.9 Å². The maximum absolute atomic E-state index is 14.1. The number of carboxylic acids is 3. The van der Waals surface area contributed by atoms with Crippen molar-refractivity contribution in [3.8, 4) is 0 Å². The summed E-state index contributed by atoms with van der Waals surface area (Å²) >= 11 is 0. The second kappa shape index (κ2) is 27.9. The Labute approximate surface area is 396 Å². The van der Waals surface area contributed by atoms with Gasteiger partial charge in [0.1, 0.15) is 12.1 Å². The molecule has 1 fully saturated rings. The van der Waals surface area contributed by atoms with E-state index >= 15 is 0 Å².